The van der Waals surface area contributed by atoms with Gasteiger partial charge in [-0.1, -0.05) is 32.0 Å². The summed E-state index contributed by atoms with van der Waals surface area (Å²) < 4.78 is 0. The van der Waals surface area contributed by atoms with Crippen LogP contribution in [-0.2, 0) is 0 Å². The van der Waals surface area contributed by atoms with Gasteiger partial charge in [0, 0.05) is 23.3 Å². The largest absolute Gasteiger partial charge is 0.381 e. The first-order valence-electron chi connectivity index (χ1n) is 6.52. The minimum Gasteiger partial charge on any atom is -0.381 e. The standard InChI is InChI=1S/C15H21N3/c1-11(2)13(7-9-16)18-15-8-10-17-14-6-4-3-5-12(14)15/h3-6,8,10-11,13H,7,9,16H2,1-2H3,(H,17,18). The summed E-state index contributed by atoms with van der Waals surface area (Å²) in [5, 5.41) is 4.77. The first-order chi connectivity index (χ1) is 8.72. The molecule has 18 heavy (non-hydrogen) atoms. The van der Waals surface area contributed by atoms with E-state index in [1.165, 1.54) is 5.39 Å². The van der Waals surface area contributed by atoms with Crippen molar-refractivity contribution in [2.45, 2.75) is 26.3 Å². The molecule has 0 aliphatic heterocycles. The van der Waals surface area contributed by atoms with Gasteiger partial charge in [0.1, 0.15) is 0 Å². The molecule has 0 fully saturated rings. The monoisotopic (exact) mass is 243 g/mol. The Balaban J connectivity index is 2.30. The number of fused-ring (bicyclic) bond motifs is 1. The van der Waals surface area contributed by atoms with Gasteiger partial charge in [0.05, 0.1) is 5.52 Å². The summed E-state index contributed by atoms with van der Waals surface area (Å²) in [6.07, 6.45) is 2.83. The van der Waals surface area contributed by atoms with Crippen LogP contribution in [-0.4, -0.2) is 17.6 Å². The number of nitrogens with one attached hydrogen (secondary N) is 1. The third-order valence-electron chi connectivity index (χ3n) is 3.27. The van der Waals surface area contributed by atoms with E-state index in [0.29, 0.717) is 18.5 Å². The van der Waals surface area contributed by atoms with Gasteiger partial charge in [-0.15, -0.1) is 0 Å². The van der Waals surface area contributed by atoms with E-state index in [1.54, 1.807) is 0 Å². The average Bonchev–Trinajstić information content (AvgIpc) is 2.38. The van der Waals surface area contributed by atoms with Gasteiger partial charge < -0.3 is 11.1 Å². The van der Waals surface area contributed by atoms with Crippen LogP contribution in [0.1, 0.15) is 20.3 Å². The Morgan fingerprint density at radius 1 is 1.22 bits per heavy atom. The molecule has 1 atom stereocenters. The number of hydrogen-bond acceptors (Lipinski definition) is 3. The van der Waals surface area contributed by atoms with Gasteiger partial charge in [-0.25, -0.2) is 0 Å². The van der Waals surface area contributed by atoms with Crippen LogP contribution in [0.2, 0.25) is 0 Å². The normalized spacial score (nSPS) is 12.9. The molecule has 0 aliphatic carbocycles. The zero-order valence-electron chi connectivity index (χ0n) is 11.1. The Bertz CT molecular complexity index is 503. The van der Waals surface area contributed by atoms with Crippen LogP contribution < -0.4 is 11.1 Å². The molecule has 0 saturated carbocycles. The predicted molar refractivity (Wildman–Crippen MR) is 77.7 cm³/mol. The lowest BCUT2D eigenvalue weighted by Crippen LogP contribution is -2.28. The number of hydrogen-bond donors (Lipinski definition) is 2. The van der Waals surface area contributed by atoms with Gasteiger partial charge in [0.25, 0.3) is 0 Å². The summed E-state index contributed by atoms with van der Waals surface area (Å²) in [5.41, 5.74) is 7.85. The molecule has 1 aromatic carbocycles. The van der Waals surface area contributed by atoms with E-state index in [-0.39, 0.29) is 0 Å². The van der Waals surface area contributed by atoms with Crippen molar-refractivity contribution >= 4 is 16.6 Å². The SMILES string of the molecule is CC(C)C(CCN)Nc1ccnc2ccccc12. The van der Waals surface area contributed by atoms with E-state index in [4.69, 9.17) is 5.73 Å². The predicted octanol–water partition coefficient (Wildman–Crippen LogP) is 3.02. The number of nitrogens with zero attached hydrogens (tertiary/aromatic N) is 1. The minimum atomic E-state index is 0.404. The van der Waals surface area contributed by atoms with E-state index in [9.17, 15) is 0 Å². The molecular weight excluding hydrogens is 222 g/mol. The molecule has 3 heteroatoms. The van der Waals surface area contributed by atoms with Crippen LogP contribution in [0.4, 0.5) is 5.69 Å². The van der Waals surface area contributed by atoms with Crippen molar-refractivity contribution in [1.29, 1.82) is 0 Å². The number of nitrogens with two attached hydrogens (primary N) is 1. The fourth-order valence-electron chi connectivity index (χ4n) is 2.17. The number of rotatable bonds is 5. The maximum Gasteiger partial charge on any atom is 0.0722 e. The Kier molecular flexibility index (Phi) is 4.15. The van der Waals surface area contributed by atoms with Crippen molar-refractivity contribution in [1.82, 2.24) is 4.98 Å². The number of para-hydroxylation sites is 1. The van der Waals surface area contributed by atoms with Crippen molar-refractivity contribution in [2.24, 2.45) is 11.7 Å². The van der Waals surface area contributed by atoms with Crippen molar-refractivity contribution in [3.05, 3.63) is 36.5 Å². The molecule has 3 N–H and O–H groups in total. The van der Waals surface area contributed by atoms with E-state index >= 15 is 0 Å². The zero-order chi connectivity index (χ0) is 13.0. The van der Waals surface area contributed by atoms with Gasteiger partial charge in [-0.05, 0) is 31.0 Å². The molecule has 0 amide bonds. The van der Waals surface area contributed by atoms with Gasteiger partial charge in [0.15, 0.2) is 0 Å². The molecule has 1 aromatic heterocycles. The summed E-state index contributed by atoms with van der Waals surface area (Å²) in [4.78, 5) is 4.38. The molecule has 2 rings (SSSR count). The highest BCUT2D eigenvalue weighted by Crippen LogP contribution is 2.23. The summed E-state index contributed by atoms with van der Waals surface area (Å²) in [7, 11) is 0. The minimum absolute atomic E-state index is 0.404. The fourth-order valence-corrected chi connectivity index (χ4v) is 2.17. The second kappa shape index (κ2) is 5.83. The van der Waals surface area contributed by atoms with E-state index < -0.39 is 0 Å². The Morgan fingerprint density at radius 3 is 2.72 bits per heavy atom. The highest BCUT2D eigenvalue weighted by molar-refractivity contribution is 5.90. The molecule has 0 radical (unpaired) electrons. The fraction of sp³-hybridized carbons (Fsp3) is 0.400. The maximum atomic E-state index is 5.68. The molecule has 1 heterocycles. The number of anilines is 1. The van der Waals surface area contributed by atoms with E-state index in [0.717, 1.165) is 17.6 Å². The smallest absolute Gasteiger partial charge is 0.0722 e. The topological polar surface area (TPSA) is 50.9 Å². The van der Waals surface area contributed by atoms with Crippen LogP contribution in [0.5, 0.6) is 0 Å². The number of benzene rings is 1. The second-order valence-corrected chi connectivity index (χ2v) is 4.95. The van der Waals surface area contributed by atoms with Crippen molar-refractivity contribution in [2.75, 3.05) is 11.9 Å². The van der Waals surface area contributed by atoms with Gasteiger partial charge >= 0.3 is 0 Å². The maximum absolute atomic E-state index is 5.68. The van der Waals surface area contributed by atoms with Gasteiger partial charge in [-0.3, -0.25) is 4.98 Å². The molecule has 0 spiro atoms. The molecular formula is C15H21N3. The lowest BCUT2D eigenvalue weighted by molar-refractivity contribution is 0.499. The van der Waals surface area contributed by atoms with E-state index in [2.05, 4.69) is 30.2 Å². The van der Waals surface area contributed by atoms with Gasteiger partial charge in [0.2, 0.25) is 0 Å². The van der Waals surface area contributed by atoms with Gasteiger partial charge in [-0.2, -0.15) is 0 Å². The van der Waals surface area contributed by atoms with Crippen LogP contribution in [0.15, 0.2) is 36.5 Å². The molecule has 0 bridgehead atoms. The summed E-state index contributed by atoms with van der Waals surface area (Å²) in [6, 6.07) is 10.6. The van der Waals surface area contributed by atoms with Crippen LogP contribution in [0, 0.1) is 5.92 Å². The Hall–Kier alpha value is -1.61. The third kappa shape index (κ3) is 2.79. The highest BCUT2D eigenvalue weighted by atomic mass is 14.9. The molecule has 0 saturated heterocycles. The quantitative estimate of drug-likeness (QED) is 0.848. The van der Waals surface area contributed by atoms with Crippen LogP contribution >= 0.6 is 0 Å². The summed E-state index contributed by atoms with van der Waals surface area (Å²) >= 11 is 0. The molecule has 1 unspecified atom stereocenters. The molecule has 3 nitrogen and oxygen atoms in total. The lowest BCUT2D eigenvalue weighted by atomic mass is 10.00. The average molecular weight is 243 g/mol. The third-order valence-corrected chi connectivity index (χ3v) is 3.27. The first kappa shape index (κ1) is 12.8. The highest BCUT2D eigenvalue weighted by Gasteiger charge is 2.13. The number of aromatic nitrogens is 1. The summed E-state index contributed by atoms with van der Waals surface area (Å²) in [5.74, 6) is 0.556. The zero-order valence-corrected chi connectivity index (χ0v) is 11.1. The number of pyridine rings is 1. The van der Waals surface area contributed by atoms with Crippen molar-refractivity contribution < 1.29 is 0 Å². The van der Waals surface area contributed by atoms with Crippen molar-refractivity contribution in [3.63, 3.8) is 0 Å². The molecule has 2 aromatic rings. The second-order valence-electron chi connectivity index (χ2n) is 4.95. The first-order valence-corrected chi connectivity index (χ1v) is 6.52. The van der Waals surface area contributed by atoms with Crippen LogP contribution in [0.3, 0.4) is 0 Å². The van der Waals surface area contributed by atoms with Crippen LogP contribution in [0.25, 0.3) is 10.9 Å². The molecule has 96 valence electrons. The summed E-state index contributed by atoms with van der Waals surface area (Å²) in [6.45, 7) is 5.15. The Labute approximate surface area is 108 Å². The van der Waals surface area contributed by atoms with Crippen molar-refractivity contribution in [3.8, 4) is 0 Å². The molecule has 0 aliphatic rings. The van der Waals surface area contributed by atoms with E-state index in [1.807, 2.05) is 30.5 Å². The Morgan fingerprint density at radius 2 is 2.00 bits per heavy atom. The lowest BCUT2D eigenvalue weighted by Gasteiger charge is -2.23.